The van der Waals surface area contributed by atoms with E-state index in [4.69, 9.17) is 15.2 Å². The Balaban J connectivity index is 1.57. The molecule has 2 fully saturated rings. The molecule has 3 rings (SSSR count). The third kappa shape index (κ3) is 3.46. The van der Waals surface area contributed by atoms with E-state index in [1.807, 2.05) is 25.1 Å². The highest BCUT2D eigenvalue weighted by Crippen LogP contribution is 2.34. The standard InChI is InChI=1S/C17H26N2O2/c1-17(15-7-3-2-4-8-15)20-13-16(21-17)12-19-9-5-6-14(10-18)11-19/h2-4,7-8,14,16H,5-6,9-13,18H2,1H3. The number of nitrogens with zero attached hydrogens (tertiary/aromatic N) is 1. The molecule has 0 saturated carbocycles. The van der Waals surface area contributed by atoms with E-state index in [-0.39, 0.29) is 6.10 Å². The van der Waals surface area contributed by atoms with Crippen LogP contribution in [0, 0.1) is 5.92 Å². The van der Waals surface area contributed by atoms with Gasteiger partial charge in [-0.25, -0.2) is 0 Å². The first kappa shape index (κ1) is 15.0. The Bertz CT molecular complexity index is 453. The predicted molar refractivity (Wildman–Crippen MR) is 82.8 cm³/mol. The minimum absolute atomic E-state index is 0.145. The summed E-state index contributed by atoms with van der Waals surface area (Å²) in [7, 11) is 0. The van der Waals surface area contributed by atoms with Crippen LogP contribution in [-0.2, 0) is 15.3 Å². The van der Waals surface area contributed by atoms with Gasteiger partial charge in [-0.15, -0.1) is 0 Å². The van der Waals surface area contributed by atoms with E-state index >= 15 is 0 Å². The van der Waals surface area contributed by atoms with Crippen LogP contribution in [0.4, 0.5) is 0 Å². The summed E-state index contributed by atoms with van der Waals surface area (Å²) in [4.78, 5) is 2.48. The summed E-state index contributed by atoms with van der Waals surface area (Å²) in [6.07, 6.45) is 2.65. The zero-order valence-corrected chi connectivity index (χ0v) is 12.8. The molecule has 1 aromatic carbocycles. The zero-order chi connectivity index (χ0) is 14.7. The van der Waals surface area contributed by atoms with E-state index in [0.717, 1.165) is 31.7 Å². The lowest BCUT2D eigenvalue weighted by atomic mass is 9.98. The van der Waals surface area contributed by atoms with Crippen molar-refractivity contribution in [2.24, 2.45) is 11.7 Å². The topological polar surface area (TPSA) is 47.7 Å². The molecule has 4 nitrogen and oxygen atoms in total. The van der Waals surface area contributed by atoms with Gasteiger partial charge in [0.25, 0.3) is 0 Å². The fourth-order valence-corrected chi connectivity index (χ4v) is 3.42. The van der Waals surface area contributed by atoms with Gasteiger partial charge in [-0.05, 0) is 38.8 Å². The molecule has 3 unspecified atom stereocenters. The van der Waals surface area contributed by atoms with Crippen molar-refractivity contribution in [2.75, 3.05) is 32.8 Å². The highest BCUT2D eigenvalue weighted by molar-refractivity contribution is 5.20. The molecule has 0 bridgehead atoms. The van der Waals surface area contributed by atoms with Gasteiger partial charge < -0.3 is 20.1 Å². The monoisotopic (exact) mass is 290 g/mol. The molecule has 116 valence electrons. The lowest BCUT2D eigenvalue weighted by Gasteiger charge is -2.33. The molecule has 3 atom stereocenters. The van der Waals surface area contributed by atoms with Crippen LogP contribution in [0.5, 0.6) is 0 Å². The van der Waals surface area contributed by atoms with Crippen molar-refractivity contribution in [1.82, 2.24) is 4.90 Å². The molecule has 0 spiro atoms. The molecule has 2 N–H and O–H groups in total. The summed E-state index contributed by atoms with van der Waals surface area (Å²) >= 11 is 0. The summed E-state index contributed by atoms with van der Waals surface area (Å²) < 4.78 is 12.2. The van der Waals surface area contributed by atoms with Crippen molar-refractivity contribution in [3.63, 3.8) is 0 Å². The van der Waals surface area contributed by atoms with Crippen molar-refractivity contribution in [3.05, 3.63) is 35.9 Å². The molecule has 4 heteroatoms. The number of rotatable bonds is 4. The Labute approximate surface area is 127 Å². The number of piperidine rings is 1. The van der Waals surface area contributed by atoms with Gasteiger partial charge in [0.05, 0.1) is 12.7 Å². The number of hydrogen-bond donors (Lipinski definition) is 1. The molecule has 2 heterocycles. The highest BCUT2D eigenvalue weighted by atomic mass is 16.7. The molecule has 0 amide bonds. The van der Waals surface area contributed by atoms with E-state index < -0.39 is 5.79 Å². The highest BCUT2D eigenvalue weighted by Gasteiger charge is 2.39. The maximum absolute atomic E-state index is 6.21. The van der Waals surface area contributed by atoms with Gasteiger partial charge in [-0.3, -0.25) is 0 Å². The van der Waals surface area contributed by atoms with Gasteiger partial charge >= 0.3 is 0 Å². The van der Waals surface area contributed by atoms with Crippen molar-refractivity contribution in [3.8, 4) is 0 Å². The third-order valence-electron chi connectivity index (χ3n) is 4.63. The fraction of sp³-hybridized carbons (Fsp3) is 0.647. The van der Waals surface area contributed by atoms with Crippen LogP contribution in [0.15, 0.2) is 30.3 Å². The second kappa shape index (κ2) is 6.44. The molecule has 21 heavy (non-hydrogen) atoms. The number of ether oxygens (including phenoxy) is 2. The van der Waals surface area contributed by atoms with Gasteiger partial charge in [-0.1, -0.05) is 30.3 Å². The molecule has 2 aliphatic rings. The smallest absolute Gasteiger partial charge is 0.192 e. The average Bonchev–Trinajstić information content (AvgIpc) is 2.91. The largest absolute Gasteiger partial charge is 0.343 e. The summed E-state index contributed by atoms with van der Waals surface area (Å²) in [5.41, 5.74) is 6.90. The minimum Gasteiger partial charge on any atom is -0.343 e. The van der Waals surface area contributed by atoms with Gasteiger partial charge in [-0.2, -0.15) is 0 Å². The lowest BCUT2D eigenvalue weighted by molar-refractivity contribution is -0.163. The van der Waals surface area contributed by atoms with Gasteiger partial charge in [0.15, 0.2) is 5.79 Å². The van der Waals surface area contributed by atoms with Crippen LogP contribution >= 0.6 is 0 Å². The molecule has 0 aliphatic carbocycles. The first-order valence-electron chi connectivity index (χ1n) is 7.99. The normalized spacial score (nSPS) is 34.2. The Morgan fingerprint density at radius 1 is 1.33 bits per heavy atom. The van der Waals surface area contributed by atoms with Crippen LogP contribution in [0.3, 0.4) is 0 Å². The summed E-state index contributed by atoms with van der Waals surface area (Å²) in [5.74, 6) is 0.0382. The SMILES string of the molecule is CC1(c2ccccc2)OCC(CN2CCCC(CN)C2)O1. The van der Waals surface area contributed by atoms with E-state index in [1.165, 1.54) is 12.8 Å². The van der Waals surface area contributed by atoms with Crippen molar-refractivity contribution in [2.45, 2.75) is 31.7 Å². The fourth-order valence-electron chi connectivity index (χ4n) is 3.42. The van der Waals surface area contributed by atoms with Gasteiger partial charge in [0, 0.05) is 18.7 Å². The Hall–Kier alpha value is -0.940. The number of nitrogens with two attached hydrogens (primary N) is 1. The summed E-state index contributed by atoms with van der Waals surface area (Å²) in [6, 6.07) is 10.2. The van der Waals surface area contributed by atoms with Crippen molar-refractivity contribution >= 4 is 0 Å². The summed E-state index contributed by atoms with van der Waals surface area (Å²) in [5, 5.41) is 0. The number of likely N-dealkylation sites (tertiary alicyclic amines) is 1. The second-order valence-electron chi connectivity index (χ2n) is 6.37. The Kier molecular flexibility index (Phi) is 4.60. The van der Waals surface area contributed by atoms with Crippen LogP contribution < -0.4 is 5.73 Å². The third-order valence-corrected chi connectivity index (χ3v) is 4.63. The first-order valence-corrected chi connectivity index (χ1v) is 7.99. The molecular formula is C17H26N2O2. The lowest BCUT2D eigenvalue weighted by Crippen LogP contribution is -2.43. The zero-order valence-electron chi connectivity index (χ0n) is 12.8. The van der Waals surface area contributed by atoms with Crippen molar-refractivity contribution in [1.29, 1.82) is 0 Å². The van der Waals surface area contributed by atoms with E-state index in [2.05, 4.69) is 17.0 Å². The molecule has 2 aliphatic heterocycles. The first-order chi connectivity index (χ1) is 10.2. The van der Waals surface area contributed by atoms with Crippen LogP contribution in [0.1, 0.15) is 25.3 Å². The van der Waals surface area contributed by atoms with Crippen LogP contribution in [-0.4, -0.2) is 43.8 Å². The quantitative estimate of drug-likeness (QED) is 0.920. The Morgan fingerprint density at radius 3 is 2.90 bits per heavy atom. The predicted octanol–water partition coefficient (Wildman–Crippen LogP) is 1.95. The minimum atomic E-state index is -0.602. The molecular weight excluding hydrogens is 264 g/mol. The second-order valence-corrected chi connectivity index (χ2v) is 6.37. The number of benzene rings is 1. The maximum atomic E-state index is 6.21. The van der Waals surface area contributed by atoms with E-state index in [9.17, 15) is 0 Å². The number of hydrogen-bond acceptors (Lipinski definition) is 4. The molecule has 2 saturated heterocycles. The van der Waals surface area contributed by atoms with Gasteiger partial charge in [0.2, 0.25) is 0 Å². The summed E-state index contributed by atoms with van der Waals surface area (Å²) in [6.45, 7) is 6.66. The van der Waals surface area contributed by atoms with Crippen molar-refractivity contribution < 1.29 is 9.47 Å². The molecule has 0 aromatic heterocycles. The Morgan fingerprint density at radius 2 is 2.14 bits per heavy atom. The van der Waals surface area contributed by atoms with E-state index in [0.29, 0.717) is 12.5 Å². The van der Waals surface area contributed by atoms with Crippen LogP contribution in [0.25, 0.3) is 0 Å². The van der Waals surface area contributed by atoms with Gasteiger partial charge in [0.1, 0.15) is 0 Å². The maximum Gasteiger partial charge on any atom is 0.192 e. The van der Waals surface area contributed by atoms with E-state index in [1.54, 1.807) is 0 Å². The molecule has 0 radical (unpaired) electrons. The average molecular weight is 290 g/mol. The molecule has 1 aromatic rings. The van der Waals surface area contributed by atoms with Crippen LogP contribution in [0.2, 0.25) is 0 Å².